The van der Waals surface area contributed by atoms with Gasteiger partial charge in [0.2, 0.25) is 0 Å². The molecule has 0 aliphatic carbocycles. The summed E-state index contributed by atoms with van der Waals surface area (Å²) < 4.78 is 5.40. The number of aliphatic hydroxyl groups is 1. The Morgan fingerprint density at radius 3 is 2.75 bits per heavy atom. The first-order chi connectivity index (χ1) is 13.4. The molecule has 1 aromatic heterocycles. The number of halogens is 2. The first kappa shape index (κ1) is 20.9. The lowest BCUT2D eigenvalue weighted by Crippen LogP contribution is -2.36. The number of morpholine rings is 1. The van der Waals surface area contributed by atoms with Crippen LogP contribution in [-0.4, -0.2) is 50.0 Å². The van der Waals surface area contributed by atoms with Gasteiger partial charge in [0.05, 0.1) is 24.9 Å². The molecule has 1 aliphatic rings. The number of carbonyl (C=O) groups is 1. The maximum absolute atomic E-state index is 12.9. The number of nitrogens with zero attached hydrogens (tertiary/aromatic N) is 2. The third kappa shape index (κ3) is 4.43. The van der Waals surface area contributed by atoms with Crippen molar-refractivity contribution in [3.63, 3.8) is 0 Å². The number of aliphatic hydroxyl groups excluding tert-OH is 1. The molecule has 1 aromatic carbocycles. The van der Waals surface area contributed by atoms with E-state index in [-0.39, 0.29) is 12.5 Å². The third-order valence-electron chi connectivity index (χ3n) is 4.26. The van der Waals surface area contributed by atoms with Crippen LogP contribution in [-0.2, 0) is 4.74 Å². The fourth-order valence-electron chi connectivity index (χ4n) is 2.94. The van der Waals surface area contributed by atoms with Crippen LogP contribution in [0.25, 0.3) is 11.1 Å². The van der Waals surface area contributed by atoms with Crippen LogP contribution in [0.2, 0.25) is 10.0 Å². The van der Waals surface area contributed by atoms with Gasteiger partial charge < -0.3 is 20.1 Å². The van der Waals surface area contributed by atoms with E-state index >= 15 is 0 Å². The molecule has 0 saturated carbocycles. The Hall–Kier alpha value is -1.82. The SMILES string of the molecule is C[C@@H](O)CNC(=O)c1sc(N2CCOCC2)c(C#N)c1-c1ccc(Cl)cc1Cl. The van der Waals surface area contributed by atoms with Crippen LogP contribution in [0.3, 0.4) is 0 Å². The molecule has 28 heavy (non-hydrogen) atoms. The lowest BCUT2D eigenvalue weighted by molar-refractivity contribution is 0.0928. The molecule has 1 fully saturated rings. The van der Waals surface area contributed by atoms with Gasteiger partial charge in [-0.2, -0.15) is 5.26 Å². The minimum atomic E-state index is -0.680. The average molecular weight is 440 g/mol. The number of rotatable bonds is 5. The summed E-state index contributed by atoms with van der Waals surface area (Å²) in [6.07, 6.45) is -0.680. The molecule has 1 atom stereocenters. The van der Waals surface area contributed by atoms with E-state index in [1.165, 1.54) is 11.3 Å². The van der Waals surface area contributed by atoms with Gasteiger partial charge in [-0.1, -0.05) is 29.3 Å². The second kappa shape index (κ2) is 9.12. The van der Waals surface area contributed by atoms with Gasteiger partial charge in [-0.05, 0) is 19.1 Å². The summed E-state index contributed by atoms with van der Waals surface area (Å²) in [7, 11) is 0. The molecule has 1 saturated heterocycles. The molecular weight excluding hydrogens is 421 g/mol. The van der Waals surface area contributed by atoms with Crippen LogP contribution in [0.15, 0.2) is 18.2 Å². The Kier molecular flexibility index (Phi) is 6.81. The minimum absolute atomic E-state index is 0.110. The maximum atomic E-state index is 12.9. The molecule has 6 nitrogen and oxygen atoms in total. The molecule has 0 radical (unpaired) electrons. The van der Waals surface area contributed by atoms with Gasteiger partial charge in [0, 0.05) is 40.8 Å². The fraction of sp³-hybridized carbons (Fsp3) is 0.368. The molecule has 0 spiro atoms. The topological polar surface area (TPSA) is 85.6 Å². The van der Waals surface area contributed by atoms with Gasteiger partial charge in [-0.15, -0.1) is 11.3 Å². The molecule has 3 rings (SSSR count). The third-order valence-corrected chi connectivity index (χ3v) is 6.06. The number of hydrogen-bond acceptors (Lipinski definition) is 6. The fourth-order valence-corrected chi connectivity index (χ4v) is 4.68. The van der Waals surface area contributed by atoms with Crippen molar-refractivity contribution in [1.82, 2.24) is 5.32 Å². The summed E-state index contributed by atoms with van der Waals surface area (Å²) >= 11 is 13.7. The Morgan fingerprint density at radius 1 is 1.43 bits per heavy atom. The van der Waals surface area contributed by atoms with E-state index in [9.17, 15) is 15.2 Å². The summed E-state index contributed by atoms with van der Waals surface area (Å²) in [6, 6.07) is 7.22. The van der Waals surface area contributed by atoms with E-state index in [2.05, 4.69) is 11.4 Å². The van der Waals surface area contributed by atoms with Gasteiger partial charge in [-0.3, -0.25) is 4.79 Å². The summed E-state index contributed by atoms with van der Waals surface area (Å²) in [5.74, 6) is -0.358. The minimum Gasteiger partial charge on any atom is -0.392 e. The lowest BCUT2D eigenvalue weighted by atomic mass is 10.0. The summed E-state index contributed by atoms with van der Waals surface area (Å²) in [4.78, 5) is 15.3. The van der Waals surface area contributed by atoms with Crippen LogP contribution < -0.4 is 10.2 Å². The largest absolute Gasteiger partial charge is 0.392 e. The Bertz CT molecular complexity index is 918. The predicted octanol–water partition coefficient (Wildman–Crippen LogP) is 3.54. The van der Waals surface area contributed by atoms with Gasteiger partial charge in [0.1, 0.15) is 15.9 Å². The monoisotopic (exact) mass is 439 g/mol. The van der Waals surface area contributed by atoms with Crippen molar-refractivity contribution in [2.75, 3.05) is 37.7 Å². The standard InChI is InChI=1S/C19H19Cl2N3O3S/c1-11(25)10-23-18(26)17-16(13-3-2-12(20)8-15(13)21)14(9-22)19(28-17)24-4-6-27-7-5-24/h2-3,8,11,25H,4-7,10H2,1H3,(H,23,26)/t11-/m1/s1. The van der Waals surface area contributed by atoms with Crippen molar-refractivity contribution in [3.05, 3.63) is 38.7 Å². The van der Waals surface area contributed by atoms with Crippen LogP contribution in [0.4, 0.5) is 5.00 Å². The molecule has 2 heterocycles. The Balaban J connectivity index is 2.14. The van der Waals surface area contributed by atoms with Crippen LogP contribution in [0.1, 0.15) is 22.2 Å². The van der Waals surface area contributed by atoms with Crippen molar-refractivity contribution >= 4 is 45.4 Å². The van der Waals surface area contributed by atoms with E-state index in [0.29, 0.717) is 62.9 Å². The Labute approximate surface area is 177 Å². The van der Waals surface area contributed by atoms with Crippen LogP contribution >= 0.6 is 34.5 Å². The highest BCUT2D eigenvalue weighted by molar-refractivity contribution is 7.19. The zero-order chi connectivity index (χ0) is 20.3. The molecular formula is C19H19Cl2N3O3S. The summed E-state index contributed by atoms with van der Waals surface area (Å²) in [6.45, 7) is 4.09. The quantitative estimate of drug-likeness (QED) is 0.743. The number of amides is 1. The van der Waals surface area contributed by atoms with Crippen molar-refractivity contribution in [3.8, 4) is 17.2 Å². The van der Waals surface area contributed by atoms with Gasteiger partial charge in [0.25, 0.3) is 5.91 Å². The number of ether oxygens (including phenoxy) is 1. The molecule has 0 bridgehead atoms. The second-order valence-electron chi connectivity index (χ2n) is 6.38. The van der Waals surface area contributed by atoms with Crippen LogP contribution in [0.5, 0.6) is 0 Å². The predicted molar refractivity (Wildman–Crippen MR) is 112 cm³/mol. The second-order valence-corrected chi connectivity index (χ2v) is 8.22. The van der Waals surface area contributed by atoms with E-state index in [4.69, 9.17) is 27.9 Å². The molecule has 9 heteroatoms. The van der Waals surface area contributed by atoms with E-state index < -0.39 is 6.10 Å². The molecule has 148 valence electrons. The number of nitriles is 1. The van der Waals surface area contributed by atoms with E-state index in [0.717, 1.165) is 0 Å². The summed E-state index contributed by atoms with van der Waals surface area (Å²) in [5, 5.41) is 23.7. The zero-order valence-electron chi connectivity index (χ0n) is 15.2. The maximum Gasteiger partial charge on any atom is 0.262 e. The first-order valence-electron chi connectivity index (χ1n) is 8.73. The highest BCUT2D eigenvalue weighted by Gasteiger charge is 2.29. The molecule has 0 unspecified atom stereocenters. The summed E-state index contributed by atoms with van der Waals surface area (Å²) in [5.41, 5.74) is 1.46. The normalized spacial score (nSPS) is 15.2. The first-order valence-corrected chi connectivity index (χ1v) is 10.3. The number of benzene rings is 1. The average Bonchev–Trinajstić information content (AvgIpc) is 3.06. The van der Waals surface area contributed by atoms with Gasteiger partial charge >= 0.3 is 0 Å². The van der Waals surface area contributed by atoms with Gasteiger partial charge in [-0.25, -0.2) is 0 Å². The van der Waals surface area contributed by atoms with Crippen molar-refractivity contribution in [2.24, 2.45) is 0 Å². The molecule has 2 N–H and O–H groups in total. The van der Waals surface area contributed by atoms with Crippen LogP contribution in [0, 0.1) is 11.3 Å². The number of nitrogens with one attached hydrogen (secondary N) is 1. The molecule has 1 amide bonds. The van der Waals surface area contributed by atoms with Crippen molar-refractivity contribution in [2.45, 2.75) is 13.0 Å². The zero-order valence-corrected chi connectivity index (χ0v) is 17.5. The number of thiophene rings is 1. The van der Waals surface area contributed by atoms with E-state index in [1.807, 2.05) is 4.90 Å². The molecule has 2 aromatic rings. The molecule has 1 aliphatic heterocycles. The van der Waals surface area contributed by atoms with Crippen molar-refractivity contribution < 1.29 is 14.6 Å². The Morgan fingerprint density at radius 2 is 2.14 bits per heavy atom. The number of carbonyl (C=O) groups excluding carboxylic acids is 1. The number of anilines is 1. The van der Waals surface area contributed by atoms with E-state index in [1.54, 1.807) is 25.1 Å². The highest BCUT2D eigenvalue weighted by atomic mass is 35.5. The highest BCUT2D eigenvalue weighted by Crippen LogP contribution is 2.44. The number of hydrogen-bond donors (Lipinski definition) is 2. The lowest BCUT2D eigenvalue weighted by Gasteiger charge is -2.27. The smallest absolute Gasteiger partial charge is 0.262 e. The van der Waals surface area contributed by atoms with Crippen molar-refractivity contribution in [1.29, 1.82) is 5.26 Å². The van der Waals surface area contributed by atoms with Gasteiger partial charge in [0.15, 0.2) is 0 Å².